The lowest BCUT2D eigenvalue weighted by atomic mass is 10.1. The zero-order chi connectivity index (χ0) is 15.1. The van der Waals surface area contributed by atoms with E-state index in [1.165, 1.54) is 87.7 Å². The Balaban J connectivity index is 2.99. The second-order valence-corrected chi connectivity index (χ2v) is 7.23. The molecule has 0 aromatic rings. The van der Waals surface area contributed by atoms with Gasteiger partial charge in [-0.05, 0) is 12.8 Å². The number of nitrogens with two attached hydrogens (primary N) is 2. The second kappa shape index (κ2) is 15.0. The highest BCUT2D eigenvalue weighted by molar-refractivity contribution is 8.13. The number of hydrogen-bond donors (Lipinski definition) is 4. The molecule has 0 spiro atoms. The molecule has 0 radical (unpaired) electrons. The van der Waals surface area contributed by atoms with E-state index in [1.54, 1.807) is 0 Å². The van der Waals surface area contributed by atoms with Crippen molar-refractivity contribution in [2.24, 2.45) is 11.5 Å². The molecule has 6 heteroatoms. The van der Waals surface area contributed by atoms with Crippen LogP contribution in [0.15, 0.2) is 0 Å². The molecule has 0 fully saturated rings. The first-order valence-corrected chi connectivity index (χ1v) is 9.53. The van der Waals surface area contributed by atoms with Gasteiger partial charge in [0.05, 0.1) is 0 Å². The quantitative estimate of drug-likeness (QED) is 0.233. The number of unbranched alkanes of at least 4 members (excludes halogenated alkanes) is 9. The molecule has 118 valence electrons. The number of amidine groups is 2. The van der Waals surface area contributed by atoms with Crippen molar-refractivity contribution in [3.63, 3.8) is 0 Å². The van der Waals surface area contributed by atoms with E-state index in [4.69, 9.17) is 22.3 Å². The van der Waals surface area contributed by atoms with Gasteiger partial charge in [0.2, 0.25) is 0 Å². The van der Waals surface area contributed by atoms with Crippen molar-refractivity contribution in [1.82, 2.24) is 0 Å². The van der Waals surface area contributed by atoms with Crippen molar-refractivity contribution in [2.75, 3.05) is 11.5 Å². The molecule has 4 nitrogen and oxygen atoms in total. The molecule has 0 bridgehead atoms. The SMILES string of the molecule is N=C(N)SCCCCCCCCCCCCSC(=N)N. The molecule has 0 rings (SSSR count). The molecule has 0 amide bonds. The molecule has 0 aliphatic rings. The van der Waals surface area contributed by atoms with Gasteiger partial charge in [-0.3, -0.25) is 10.8 Å². The van der Waals surface area contributed by atoms with Crippen molar-refractivity contribution in [1.29, 1.82) is 10.8 Å². The van der Waals surface area contributed by atoms with Crippen LogP contribution in [0.2, 0.25) is 0 Å². The van der Waals surface area contributed by atoms with Crippen molar-refractivity contribution >= 4 is 33.9 Å². The molecule has 0 aromatic carbocycles. The summed E-state index contributed by atoms with van der Waals surface area (Å²) < 4.78 is 0. The largest absolute Gasteiger partial charge is 0.379 e. The Hall–Kier alpha value is -0.360. The molecular weight excluding hydrogens is 288 g/mol. The van der Waals surface area contributed by atoms with Crippen LogP contribution in [0.25, 0.3) is 0 Å². The van der Waals surface area contributed by atoms with E-state index in [1.807, 2.05) is 0 Å². The fourth-order valence-corrected chi connectivity index (χ4v) is 3.12. The van der Waals surface area contributed by atoms with Gasteiger partial charge in [-0.25, -0.2) is 0 Å². The standard InChI is InChI=1S/C14H30N4S2/c15-13(16)19-11-9-7-5-3-1-2-4-6-8-10-12-20-14(17)18/h1-12H2,(H3,15,16)(H3,17,18). The Labute approximate surface area is 132 Å². The maximum absolute atomic E-state index is 7.09. The molecule has 0 atom stereocenters. The summed E-state index contributed by atoms with van der Waals surface area (Å²) in [4.78, 5) is 0. The summed E-state index contributed by atoms with van der Waals surface area (Å²) in [5.41, 5.74) is 10.5. The average molecular weight is 319 g/mol. The summed E-state index contributed by atoms with van der Waals surface area (Å²) in [5, 5.41) is 14.7. The van der Waals surface area contributed by atoms with Gasteiger partial charge in [0.1, 0.15) is 0 Å². The van der Waals surface area contributed by atoms with E-state index in [0.29, 0.717) is 0 Å². The third-order valence-corrected chi connectivity index (χ3v) is 4.66. The molecule has 20 heavy (non-hydrogen) atoms. The summed E-state index contributed by atoms with van der Waals surface area (Å²) in [6.07, 6.45) is 12.9. The predicted molar refractivity (Wildman–Crippen MR) is 94.9 cm³/mol. The molecular formula is C14H30N4S2. The zero-order valence-electron chi connectivity index (χ0n) is 12.5. The normalized spacial score (nSPS) is 10.6. The van der Waals surface area contributed by atoms with Crippen molar-refractivity contribution in [2.45, 2.75) is 64.2 Å². The Bertz CT molecular complexity index is 234. The third kappa shape index (κ3) is 17.6. The Kier molecular flexibility index (Phi) is 14.8. The maximum atomic E-state index is 7.09. The summed E-state index contributed by atoms with van der Waals surface area (Å²) in [7, 11) is 0. The van der Waals surface area contributed by atoms with Crippen LogP contribution in [-0.4, -0.2) is 21.8 Å². The maximum Gasteiger partial charge on any atom is 0.151 e. The van der Waals surface area contributed by atoms with Gasteiger partial charge in [-0.15, -0.1) is 0 Å². The monoisotopic (exact) mass is 318 g/mol. The smallest absolute Gasteiger partial charge is 0.151 e. The molecule has 0 saturated heterocycles. The van der Waals surface area contributed by atoms with Crippen LogP contribution >= 0.6 is 23.5 Å². The number of thioether (sulfide) groups is 2. The molecule has 6 N–H and O–H groups in total. The minimum absolute atomic E-state index is 0.242. The van der Waals surface area contributed by atoms with E-state index in [2.05, 4.69) is 0 Å². The van der Waals surface area contributed by atoms with Crippen molar-refractivity contribution in [3.05, 3.63) is 0 Å². The molecule has 0 saturated carbocycles. The molecule has 0 aliphatic heterocycles. The minimum atomic E-state index is 0.242. The van der Waals surface area contributed by atoms with E-state index >= 15 is 0 Å². The highest BCUT2D eigenvalue weighted by Crippen LogP contribution is 2.13. The predicted octanol–water partition coefficient (Wildman–Crippen LogP) is 4.14. The van der Waals surface area contributed by atoms with E-state index < -0.39 is 0 Å². The van der Waals surface area contributed by atoms with Gasteiger partial charge >= 0.3 is 0 Å². The van der Waals surface area contributed by atoms with Crippen LogP contribution in [0.4, 0.5) is 0 Å². The van der Waals surface area contributed by atoms with Crippen LogP contribution in [0, 0.1) is 10.8 Å². The van der Waals surface area contributed by atoms with Gasteiger partial charge < -0.3 is 11.5 Å². The summed E-state index contributed by atoms with van der Waals surface area (Å²) in [6, 6.07) is 0. The number of nitrogens with one attached hydrogen (secondary N) is 2. The first-order valence-electron chi connectivity index (χ1n) is 7.56. The zero-order valence-corrected chi connectivity index (χ0v) is 14.1. The van der Waals surface area contributed by atoms with Crippen LogP contribution < -0.4 is 11.5 Å². The van der Waals surface area contributed by atoms with Crippen LogP contribution in [-0.2, 0) is 0 Å². The van der Waals surface area contributed by atoms with Gasteiger partial charge in [0.25, 0.3) is 0 Å². The lowest BCUT2D eigenvalue weighted by Gasteiger charge is -2.03. The second-order valence-electron chi connectivity index (χ2n) is 4.96. The number of hydrogen-bond acceptors (Lipinski definition) is 4. The molecule has 0 aromatic heterocycles. The molecule has 0 aliphatic carbocycles. The first-order chi connectivity index (χ1) is 9.63. The van der Waals surface area contributed by atoms with Crippen molar-refractivity contribution in [3.8, 4) is 0 Å². The minimum Gasteiger partial charge on any atom is -0.379 e. The van der Waals surface area contributed by atoms with E-state index in [-0.39, 0.29) is 10.3 Å². The van der Waals surface area contributed by atoms with Gasteiger partial charge in [0, 0.05) is 11.5 Å². The summed E-state index contributed by atoms with van der Waals surface area (Å²) in [6.45, 7) is 0. The Morgan fingerprint density at radius 2 is 0.800 bits per heavy atom. The Morgan fingerprint density at radius 3 is 1.05 bits per heavy atom. The van der Waals surface area contributed by atoms with Gasteiger partial charge in [-0.2, -0.15) is 0 Å². The fraction of sp³-hybridized carbons (Fsp3) is 0.857. The van der Waals surface area contributed by atoms with Crippen molar-refractivity contribution < 1.29 is 0 Å². The van der Waals surface area contributed by atoms with Crippen LogP contribution in [0.5, 0.6) is 0 Å². The van der Waals surface area contributed by atoms with Gasteiger partial charge in [0.15, 0.2) is 10.3 Å². The Morgan fingerprint density at radius 1 is 0.550 bits per heavy atom. The van der Waals surface area contributed by atoms with Gasteiger partial charge in [-0.1, -0.05) is 74.9 Å². The number of rotatable bonds is 13. The fourth-order valence-electron chi connectivity index (χ4n) is 1.98. The van der Waals surface area contributed by atoms with E-state index in [0.717, 1.165) is 11.5 Å². The van der Waals surface area contributed by atoms with Crippen LogP contribution in [0.1, 0.15) is 64.2 Å². The summed E-state index contributed by atoms with van der Waals surface area (Å²) in [5.74, 6) is 1.99. The molecule has 0 unspecified atom stereocenters. The molecule has 0 heterocycles. The van der Waals surface area contributed by atoms with Crippen LogP contribution in [0.3, 0.4) is 0 Å². The highest BCUT2D eigenvalue weighted by Gasteiger charge is 1.95. The third-order valence-electron chi connectivity index (χ3n) is 3.05. The van der Waals surface area contributed by atoms with E-state index in [9.17, 15) is 0 Å². The highest BCUT2D eigenvalue weighted by atomic mass is 32.2. The average Bonchev–Trinajstić information content (AvgIpc) is 2.38. The lowest BCUT2D eigenvalue weighted by Crippen LogP contribution is -2.04. The summed E-state index contributed by atoms with van der Waals surface area (Å²) >= 11 is 2.91. The first kappa shape index (κ1) is 19.6. The lowest BCUT2D eigenvalue weighted by molar-refractivity contribution is 0.564. The topological polar surface area (TPSA) is 99.7 Å².